The van der Waals surface area contributed by atoms with Crippen LogP contribution in [0.2, 0.25) is 0 Å². The largest absolute Gasteiger partial charge is 0.363 e. The first-order valence-electron chi connectivity index (χ1n) is 3.46. The summed E-state index contributed by atoms with van der Waals surface area (Å²) < 4.78 is 12.1. The van der Waals surface area contributed by atoms with E-state index in [1.54, 1.807) is 0 Å². The van der Waals surface area contributed by atoms with Crippen molar-refractivity contribution in [2.45, 2.75) is 13.8 Å². The van der Waals surface area contributed by atoms with Gasteiger partial charge in [0.05, 0.1) is 0 Å². The fourth-order valence-corrected chi connectivity index (χ4v) is 0.476. The molecule has 0 atom stereocenters. The fourth-order valence-electron chi connectivity index (χ4n) is 0.476. The third-order valence-electron chi connectivity index (χ3n) is 0.899. The number of pyridine rings is 1. The molecule has 1 heterocycles. The van der Waals surface area contributed by atoms with E-state index < -0.39 is 10.7 Å². The Morgan fingerprint density at radius 2 is 2.08 bits per heavy atom. The molecule has 0 aliphatic heterocycles. The second-order valence-electron chi connectivity index (χ2n) is 1.59. The highest BCUT2D eigenvalue weighted by Gasteiger charge is 2.04. The van der Waals surface area contributed by atoms with Crippen LogP contribution < -0.4 is 0 Å². The highest BCUT2D eigenvalue weighted by molar-refractivity contribution is 5.17. The van der Waals surface area contributed by atoms with Crippen LogP contribution in [0.1, 0.15) is 13.8 Å². The summed E-state index contributed by atoms with van der Waals surface area (Å²) in [6.07, 6.45) is 0.804. The lowest BCUT2D eigenvalue weighted by molar-refractivity contribution is -0.389. The molecule has 0 aliphatic rings. The Hall–Kier alpha value is -1.52. The van der Waals surface area contributed by atoms with Gasteiger partial charge in [0, 0.05) is 6.07 Å². The van der Waals surface area contributed by atoms with Crippen molar-refractivity contribution in [2.75, 3.05) is 0 Å². The van der Waals surface area contributed by atoms with E-state index in [0.717, 1.165) is 18.3 Å². The van der Waals surface area contributed by atoms with Crippen molar-refractivity contribution in [3.8, 4) is 0 Å². The molecule has 0 bridgehead atoms. The van der Waals surface area contributed by atoms with Gasteiger partial charge in [-0.1, -0.05) is 13.8 Å². The molecule has 1 rings (SSSR count). The maximum Gasteiger partial charge on any atom is 0.363 e. The van der Waals surface area contributed by atoms with E-state index in [0.29, 0.717) is 0 Å². The standard InChI is InChI=1S/C5H3FN2O2.C2H6/c6-4-1-2-5(7-3-4)8(9)10;1-2/h1-3H;1-2H3. The highest BCUT2D eigenvalue weighted by atomic mass is 19.1. The summed E-state index contributed by atoms with van der Waals surface area (Å²) in [6.45, 7) is 4.00. The molecule has 0 amide bonds. The smallest absolute Gasteiger partial charge is 0.358 e. The van der Waals surface area contributed by atoms with Crippen molar-refractivity contribution in [1.29, 1.82) is 0 Å². The average molecular weight is 172 g/mol. The normalized spacial score (nSPS) is 8.25. The molecule has 1 aromatic rings. The number of rotatable bonds is 1. The van der Waals surface area contributed by atoms with Crippen LogP contribution in [0.5, 0.6) is 0 Å². The van der Waals surface area contributed by atoms with E-state index in [2.05, 4.69) is 4.98 Å². The van der Waals surface area contributed by atoms with Crippen molar-refractivity contribution in [1.82, 2.24) is 4.98 Å². The van der Waals surface area contributed by atoms with E-state index in [1.165, 1.54) is 0 Å². The first-order valence-corrected chi connectivity index (χ1v) is 3.46. The van der Waals surface area contributed by atoms with Gasteiger partial charge in [-0.2, -0.15) is 0 Å². The molecule has 0 N–H and O–H groups in total. The summed E-state index contributed by atoms with van der Waals surface area (Å²) in [4.78, 5) is 12.5. The summed E-state index contributed by atoms with van der Waals surface area (Å²) in [6, 6.07) is 2.00. The SMILES string of the molecule is CC.O=[N+]([O-])c1ccc(F)cn1. The van der Waals surface area contributed by atoms with E-state index in [9.17, 15) is 14.5 Å². The zero-order chi connectivity index (χ0) is 9.56. The number of hydrogen-bond acceptors (Lipinski definition) is 3. The predicted molar refractivity (Wildman–Crippen MR) is 42.2 cm³/mol. The molecule has 0 spiro atoms. The first kappa shape index (κ1) is 10.5. The maximum absolute atomic E-state index is 12.1. The van der Waals surface area contributed by atoms with Crippen molar-refractivity contribution in [3.63, 3.8) is 0 Å². The van der Waals surface area contributed by atoms with E-state index in [1.807, 2.05) is 13.8 Å². The molecule has 5 heteroatoms. The number of aromatic nitrogens is 1. The third-order valence-corrected chi connectivity index (χ3v) is 0.899. The zero-order valence-corrected chi connectivity index (χ0v) is 6.82. The minimum absolute atomic E-state index is 0.346. The van der Waals surface area contributed by atoms with Gasteiger partial charge in [0.15, 0.2) is 12.0 Å². The maximum atomic E-state index is 12.1. The summed E-state index contributed by atoms with van der Waals surface area (Å²) in [7, 11) is 0. The van der Waals surface area contributed by atoms with Gasteiger partial charge in [-0.15, -0.1) is 0 Å². The molecule has 12 heavy (non-hydrogen) atoms. The zero-order valence-electron chi connectivity index (χ0n) is 6.82. The van der Waals surface area contributed by atoms with Crippen LogP contribution in [-0.4, -0.2) is 9.91 Å². The predicted octanol–water partition coefficient (Wildman–Crippen LogP) is 2.16. The monoisotopic (exact) mass is 172 g/mol. The van der Waals surface area contributed by atoms with Crippen molar-refractivity contribution < 1.29 is 9.31 Å². The molecular weight excluding hydrogens is 163 g/mol. The number of halogens is 1. The Kier molecular flexibility index (Phi) is 4.52. The molecule has 1 aromatic heterocycles. The van der Waals surface area contributed by atoms with Crippen LogP contribution in [0.4, 0.5) is 10.2 Å². The fraction of sp³-hybridized carbons (Fsp3) is 0.286. The van der Waals surface area contributed by atoms with Gasteiger partial charge in [-0.3, -0.25) is 0 Å². The average Bonchev–Trinajstić information content (AvgIpc) is 2.09. The Bertz CT molecular complexity index is 248. The second kappa shape index (κ2) is 5.17. The van der Waals surface area contributed by atoms with E-state index in [-0.39, 0.29) is 5.82 Å². The van der Waals surface area contributed by atoms with Crippen LogP contribution in [0.15, 0.2) is 18.3 Å². The minimum atomic E-state index is -0.681. The van der Waals surface area contributed by atoms with Crippen LogP contribution >= 0.6 is 0 Å². The molecule has 0 unspecified atom stereocenters. The van der Waals surface area contributed by atoms with Crippen molar-refractivity contribution in [3.05, 3.63) is 34.3 Å². The highest BCUT2D eigenvalue weighted by Crippen LogP contribution is 2.04. The second-order valence-corrected chi connectivity index (χ2v) is 1.59. The molecule has 0 saturated carbocycles. The number of hydrogen-bond donors (Lipinski definition) is 0. The van der Waals surface area contributed by atoms with E-state index in [4.69, 9.17) is 0 Å². The number of nitrogens with zero attached hydrogens (tertiary/aromatic N) is 2. The Labute approximate surface area is 69.2 Å². The Morgan fingerprint density at radius 3 is 2.42 bits per heavy atom. The summed E-state index contributed by atoms with van der Waals surface area (Å²) in [5, 5.41) is 9.93. The van der Waals surface area contributed by atoms with Crippen molar-refractivity contribution >= 4 is 5.82 Å². The van der Waals surface area contributed by atoms with Crippen LogP contribution in [0.3, 0.4) is 0 Å². The quantitative estimate of drug-likeness (QED) is 0.481. The number of nitro groups is 1. The summed E-state index contributed by atoms with van der Waals surface area (Å²) >= 11 is 0. The van der Waals surface area contributed by atoms with Crippen LogP contribution in [0, 0.1) is 15.9 Å². The molecule has 0 aliphatic carbocycles. The Morgan fingerprint density at radius 1 is 1.50 bits per heavy atom. The van der Waals surface area contributed by atoms with Crippen LogP contribution in [-0.2, 0) is 0 Å². The summed E-state index contributed by atoms with van der Waals surface area (Å²) in [5.41, 5.74) is 0. The van der Waals surface area contributed by atoms with Gasteiger partial charge < -0.3 is 10.1 Å². The lowest BCUT2D eigenvalue weighted by Crippen LogP contribution is -1.90. The van der Waals surface area contributed by atoms with Gasteiger partial charge in [0.1, 0.15) is 0 Å². The topological polar surface area (TPSA) is 56.0 Å². The third kappa shape index (κ3) is 3.05. The molecule has 0 saturated heterocycles. The summed E-state index contributed by atoms with van der Waals surface area (Å²) in [5.74, 6) is -0.924. The Balaban J connectivity index is 0.000000561. The minimum Gasteiger partial charge on any atom is -0.358 e. The molecular formula is C7H9FN2O2. The lowest BCUT2D eigenvalue weighted by atomic mass is 10.4. The van der Waals surface area contributed by atoms with Crippen LogP contribution in [0.25, 0.3) is 0 Å². The van der Waals surface area contributed by atoms with Gasteiger partial charge in [0.2, 0.25) is 0 Å². The van der Waals surface area contributed by atoms with Gasteiger partial charge >= 0.3 is 5.82 Å². The molecule has 66 valence electrons. The lowest BCUT2D eigenvalue weighted by Gasteiger charge is -1.88. The van der Waals surface area contributed by atoms with E-state index >= 15 is 0 Å². The van der Waals surface area contributed by atoms with Gasteiger partial charge in [-0.05, 0) is 16.0 Å². The molecule has 0 aromatic carbocycles. The molecule has 4 nitrogen and oxygen atoms in total. The first-order chi connectivity index (χ1) is 5.70. The molecule has 0 fully saturated rings. The molecule has 0 radical (unpaired) electrons. The van der Waals surface area contributed by atoms with Gasteiger partial charge in [-0.25, -0.2) is 4.39 Å². The van der Waals surface area contributed by atoms with Crippen molar-refractivity contribution in [2.24, 2.45) is 0 Å². The van der Waals surface area contributed by atoms with Gasteiger partial charge in [0.25, 0.3) is 0 Å².